The minimum absolute atomic E-state index is 0.0686. The van der Waals surface area contributed by atoms with E-state index in [9.17, 15) is 18.0 Å². The highest BCUT2D eigenvalue weighted by atomic mass is 19.4. The van der Waals surface area contributed by atoms with Gasteiger partial charge in [0, 0.05) is 19.1 Å². The Morgan fingerprint density at radius 2 is 2.05 bits per heavy atom. The number of alkyl halides is 3. The maximum Gasteiger partial charge on any atom is 0.391 e. The standard InChI is InChI=1S/C12H19F3N2O2/c13-12(14,15)8-2-1-3-9(6-8)17-5-4-11(16,7-17)10(18)19/h8-9H,1-7,16H2,(H,18,19). The largest absolute Gasteiger partial charge is 0.480 e. The van der Waals surface area contributed by atoms with E-state index in [1.165, 1.54) is 0 Å². The lowest BCUT2D eigenvalue weighted by atomic mass is 9.84. The van der Waals surface area contributed by atoms with Crippen LogP contribution < -0.4 is 5.73 Å². The number of carbonyl (C=O) groups is 1. The summed E-state index contributed by atoms with van der Waals surface area (Å²) in [5.74, 6) is -2.33. The van der Waals surface area contributed by atoms with Crippen LogP contribution in [-0.2, 0) is 4.79 Å². The Kier molecular flexibility index (Phi) is 3.79. The van der Waals surface area contributed by atoms with Gasteiger partial charge in [-0.1, -0.05) is 6.42 Å². The van der Waals surface area contributed by atoms with E-state index in [0.717, 1.165) is 0 Å². The Balaban J connectivity index is 1.98. The van der Waals surface area contributed by atoms with Crippen LogP contribution in [0.3, 0.4) is 0 Å². The number of carboxylic acid groups (broad SMARTS) is 1. The van der Waals surface area contributed by atoms with Crippen molar-refractivity contribution >= 4 is 5.97 Å². The number of nitrogens with two attached hydrogens (primary N) is 1. The number of carboxylic acids is 1. The SMILES string of the molecule is NC1(C(=O)O)CCN(C2CCCC(C(F)(F)F)C2)C1. The van der Waals surface area contributed by atoms with E-state index in [1.54, 1.807) is 0 Å². The summed E-state index contributed by atoms with van der Waals surface area (Å²) < 4.78 is 38.2. The fraction of sp³-hybridized carbons (Fsp3) is 0.917. The van der Waals surface area contributed by atoms with Crippen molar-refractivity contribution in [2.24, 2.45) is 11.7 Å². The molecule has 0 aromatic carbocycles. The molecule has 3 N–H and O–H groups in total. The number of hydrogen-bond donors (Lipinski definition) is 2. The average molecular weight is 280 g/mol. The molecular formula is C12H19F3N2O2. The molecule has 0 aromatic rings. The van der Waals surface area contributed by atoms with Gasteiger partial charge in [0.1, 0.15) is 5.54 Å². The fourth-order valence-corrected chi connectivity index (χ4v) is 3.14. The highest BCUT2D eigenvalue weighted by Crippen LogP contribution is 2.40. The minimum Gasteiger partial charge on any atom is -0.480 e. The predicted molar refractivity (Wildman–Crippen MR) is 62.5 cm³/mol. The Labute approximate surface area is 109 Å². The third kappa shape index (κ3) is 3.02. The molecule has 0 radical (unpaired) electrons. The van der Waals surface area contributed by atoms with Gasteiger partial charge in [-0.3, -0.25) is 9.69 Å². The van der Waals surface area contributed by atoms with Crippen molar-refractivity contribution < 1.29 is 23.1 Å². The number of nitrogens with zero attached hydrogens (tertiary/aromatic N) is 1. The maximum atomic E-state index is 12.7. The lowest BCUT2D eigenvalue weighted by Gasteiger charge is -2.36. The summed E-state index contributed by atoms with van der Waals surface area (Å²) in [7, 11) is 0. The van der Waals surface area contributed by atoms with Gasteiger partial charge < -0.3 is 10.8 Å². The van der Waals surface area contributed by atoms with E-state index in [2.05, 4.69) is 0 Å². The zero-order chi connectivity index (χ0) is 14.3. The summed E-state index contributed by atoms with van der Waals surface area (Å²) >= 11 is 0. The second kappa shape index (κ2) is 4.94. The molecule has 0 aromatic heterocycles. The van der Waals surface area contributed by atoms with Crippen LogP contribution in [-0.4, -0.2) is 46.8 Å². The Hall–Kier alpha value is -0.820. The highest BCUT2D eigenvalue weighted by Gasteiger charge is 2.47. The van der Waals surface area contributed by atoms with Gasteiger partial charge in [-0.15, -0.1) is 0 Å². The van der Waals surface area contributed by atoms with Gasteiger partial charge in [-0.2, -0.15) is 13.2 Å². The van der Waals surface area contributed by atoms with Crippen molar-refractivity contribution in [2.45, 2.75) is 49.9 Å². The minimum atomic E-state index is -4.15. The summed E-state index contributed by atoms with van der Waals surface area (Å²) in [5, 5.41) is 9.04. The molecule has 1 aliphatic heterocycles. The highest BCUT2D eigenvalue weighted by molar-refractivity contribution is 5.79. The molecule has 1 heterocycles. The molecule has 2 aliphatic rings. The van der Waals surface area contributed by atoms with Gasteiger partial charge >= 0.3 is 12.1 Å². The molecule has 0 amide bonds. The van der Waals surface area contributed by atoms with E-state index >= 15 is 0 Å². The molecule has 3 atom stereocenters. The van der Waals surface area contributed by atoms with E-state index in [4.69, 9.17) is 10.8 Å². The van der Waals surface area contributed by atoms with Gasteiger partial charge in [0.15, 0.2) is 0 Å². The lowest BCUT2D eigenvalue weighted by molar-refractivity contribution is -0.186. The van der Waals surface area contributed by atoms with Crippen molar-refractivity contribution in [1.29, 1.82) is 0 Å². The first kappa shape index (κ1) is 14.6. The normalized spacial score (nSPS) is 37.5. The van der Waals surface area contributed by atoms with Crippen molar-refractivity contribution in [3.63, 3.8) is 0 Å². The van der Waals surface area contributed by atoms with E-state index in [1.807, 2.05) is 4.90 Å². The summed E-state index contributed by atoms with van der Waals surface area (Å²) in [4.78, 5) is 12.9. The Morgan fingerprint density at radius 3 is 2.58 bits per heavy atom. The molecular weight excluding hydrogens is 261 g/mol. The van der Waals surface area contributed by atoms with E-state index in [0.29, 0.717) is 25.8 Å². The maximum absolute atomic E-state index is 12.7. The van der Waals surface area contributed by atoms with Gasteiger partial charge in [0.2, 0.25) is 0 Å². The molecule has 3 unspecified atom stereocenters. The van der Waals surface area contributed by atoms with Crippen LogP contribution in [0.5, 0.6) is 0 Å². The zero-order valence-electron chi connectivity index (χ0n) is 10.6. The third-order valence-electron chi connectivity index (χ3n) is 4.38. The number of halogens is 3. The first-order chi connectivity index (χ1) is 8.72. The summed E-state index contributed by atoms with van der Waals surface area (Å²) in [6.07, 6.45) is -2.36. The summed E-state index contributed by atoms with van der Waals surface area (Å²) in [6, 6.07) is -0.190. The number of hydrogen-bond acceptors (Lipinski definition) is 3. The predicted octanol–water partition coefficient (Wildman–Crippen LogP) is 1.60. The monoisotopic (exact) mass is 280 g/mol. The lowest BCUT2D eigenvalue weighted by Crippen LogP contribution is -2.51. The average Bonchev–Trinajstić information content (AvgIpc) is 2.73. The number of rotatable bonds is 2. The van der Waals surface area contributed by atoms with Crippen molar-refractivity contribution in [1.82, 2.24) is 4.90 Å². The van der Waals surface area contributed by atoms with Crippen LogP contribution in [0.2, 0.25) is 0 Å². The first-order valence-electron chi connectivity index (χ1n) is 6.55. The Morgan fingerprint density at radius 1 is 1.37 bits per heavy atom. The molecule has 1 saturated heterocycles. The van der Waals surface area contributed by atoms with E-state index in [-0.39, 0.29) is 25.4 Å². The molecule has 4 nitrogen and oxygen atoms in total. The van der Waals surface area contributed by atoms with Crippen molar-refractivity contribution in [3.05, 3.63) is 0 Å². The third-order valence-corrected chi connectivity index (χ3v) is 4.38. The van der Waals surface area contributed by atoms with Gasteiger partial charge in [0.05, 0.1) is 5.92 Å². The van der Waals surface area contributed by atoms with Crippen LogP contribution in [0, 0.1) is 5.92 Å². The molecule has 0 spiro atoms. The van der Waals surface area contributed by atoms with Crippen molar-refractivity contribution in [2.75, 3.05) is 13.1 Å². The molecule has 0 bridgehead atoms. The summed E-state index contributed by atoms with van der Waals surface area (Å²) in [6.45, 7) is 0.621. The first-order valence-corrected chi connectivity index (χ1v) is 6.55. The molecule has 1 saturated carbocycles. The molecule has 19 heavy (non-hydrogen) atoms. The van der Waals surface area contributed by atoms with Crippen LogP contribution in [0.25, 0.3) is 0 Å². The molecule has 1 aliphatic carbocycles. The van der Waals surface area contributed by atoms with Crippen LogP contribution in [0.15, 0.2) is 0 Å². The molecule has 7 heteroatoms. The zero-order valence-corrected chi connectivity index (χ0v) is 10.6. The smallest absolute Gasteiger partial charge is 0.391 e. The fourth-order valence-electron chi connectivity index (χ4n) is 3.14. The van der Waals surface area contributed by atoms with Crippen molar-refractivity contribution in [3.8, 4) is 0 Å². The van der Waals surface area contributed by atoms with Gasteiger partial charge in [-0.25, -0.2) is 0 Å². The molecule has 2 rings (SSSR count). The van der Waals surface area contributed by atoms with Crippen LogP contribution >= 0.6 is 0 Å². The van der Waals surface area contributed by atoms with Gasteiger partial charge in [-0.05, 0) is 25.7 Å². The second-order valence-corrected chi connectivity index (χ2v) is 5.74. The summed E-state index contributed by atoms with van der Waals surface area (Å²) in [5.41, 5.74) is 4.46. The van der Waals surface area contributed by atoms with Crippen LogP contribution in [0.4, 0.5) is 13.2 Å². The quantitative estimate of drug-likeness (QED) is 0.806. The topological polar surface area (TPSA) is 66.6 Å². The Bertz CT molecular complexity index is 361. The van der Waals surface area contributed by atoms with Crippen LogP contribution in [0.1, 0.15) is 32.1 Å². The molecule has 110 valence electrons. The number of aliphatic carboxylic acids is 1. The van der Waals surface area contributed by atoms with Gasteiger partial charge in [0.25, 0.3) is 0 Å². The molecule has 2 fully saturated rings. The second-order valence-electron chi connectivity index (χ2n) is 5.74. The number of likely N-dealkylation sites (tertiary alicyclic amines) is 1. The van der Waals surface area contributed by atoms with E-state index < -0.39 is 23.6 Å².